The van der Waals surface area contributed by atoms with Crippen LogP contribution >= 0.6 is 0 Å². The van der Waals surface area contributed by atoms with Crippen molar-refractivity contribution in [2.75, 3.05) is 40.1 Å². The molecule has 2 aliphatic heterocycles. The highest BCUT2D eigenvalue weighted by atomic mass is 16.6. The van der Waals surface area contributed by atoms with Crippen molar-refractivity contribution in [1.29, 1.82) is 0 Å². The van der Waals surface area contributed by atoms with Gasteiger partial charge in [-0.3, -0.25) is 0 Å². The summed E-state index contributed by atoms with van der Waals surface area (Å²) in [6.07, 6.45) is 0. The maximum absolute atomic E-state index is 11.9. The van der Waals surface area contributed by atoms with Gasteiger partial charge in [0.15, 0.2) is 0 Å². The monoisotopic (exact) mass is 534 g/mol. The van der Waals surface area contributed by atoms with Crippen LogP contribution in [-0.4, -0.2) is 105 Å². The SMILES string of the molecule is COCC1(C)OC(C)(CO)C(C)(COCC2(C)OC(C)(CO)C(C)(C)C(C)(O)C2(C)C)C(C)(O)C1(C)O. The van der Waals surface area contributed by atoms with Crippen LogP contribution in [0.5, 0.6) is 0 Å². The summed E-state index contributed by atoms with van der Waals surface area (Å²) in [6, 6.07) is 0. The summed E-state index contributed by atoms with van der Waals surface area (Å²) in [5.41, 5.74) is -12.5. The molecule has 5 N–H and O–H groups in total. The second kappa shape index (κ2) is 9.08. The minimum atomic E-state index is -1.79. The van der Waals surface area contributed by atoms with Gasteiger partial charge in [-0.2, -0.15) is 0 Å². The van der Waals surface area contributed by atoms with Crippen LogP contribution in [0.25, 0.3) is 0 Å². The van der Waals surface area contributed by atoms with Crippen LogP contribution in [0, 0.1) is 16.2 Å². The van der Waals surface area contributed by atoms with E-state index < -0.39 is 62.1 Å². The van der Waals surface area contributed by atoms with Crippen molar-refractivity contribution in [2.45, 2.75) is 122 Å². The van der Waals surface area contributed by atoms with E-state index in [9.17, 15) is 25.5 Å². The summed E-state index contributed by atoms with van der Waals surface area (Å²) in [4.78, 5) is 0. The van der Waals surface area contributed by atoms with Crippen LogP contribution in [0.2, 0.25) is 0 Å². The Morgan fingerprint density at radius 2 is 0.946 bits per heavy atom. The average Bonchev–Trinajstić information content (AvgIpc) is 2.76. The number of rotatable bonds is 8. The van der Waals surface area contributed by atoms with E-state index in [1.807, 2.05) is 34.6 Å². The maximum Gasteiger partial charge on any atom is 0.122 e. The van der Waals surface area contributed by atoms with Crippen LogP contribution in [0.4, 0.5) is 0 Å². The highest BCUT2D eigenvalue weighted by Crippen LogP contribution is 2.62. The Hall–Kier alpha value is -0.360. The molecule has 37 heavy (non-hydrogen) atoms. The molecule has 220 valence electrons. The highest BCUT2D eigenvalue weighted by molar-refractivity contribution is 5.23. The third-order valence-electron chi connectivity index (χ3n) is 12.0. The normalized spacial score (nSPS) is 51.7. The van der Waals surface area contributed by atoms with E-state index in [1.54, 1.807) is 34.6 Å². The summed E-state index contributed by atoms with van der Waals surface area (Å²) in [5, 5.41) is 56.2. The average molecular weight is 535 g/mol. The standard InChI is InChI=1S/C28H54O9/c1-19(2)22(6,14-29)36-24(8,20(3,4)26(19,10)31)18-35-16-21(5)23(7,15-30)37-25(9,17-34-13)28(12,33)27(21,11)32/h29-33H,14-18H2,1-13H3. The Balaban J connectivity index is 2.48. The van der Waals surface area contributed by atoms with Gasteiger partial charge in [-0.15, -0.1) is 0 Å². The van der Waals surface area contributed by atoms with Gasteiger partial charge < -0.3 is 44.5 Å². The van der Waals surface area contributed by atoms with E-state index in [1.165, 1.54) is 21.0 Å². The fraction of sp³-hybridized carbons (Fsp3) is 1.00. The third kappa shape index (κ3) is 3.90. The van der Waals surface area contributed by atoms with Gasteiger partial charge in [-0.25, -0.2) is 0 Å². The fourth-order valence-electron chi connectivity index (χ4n) is 6.67. The molecule has 0 aromatic carbocycles. The van der Waals surface area contributed by atoms with E-state index in [2.05, 4.69) is 0 Å². The molecule has 9 heteroatoms. The maximum atomic E-state index is 11.9. The van der Waals surface area contributed by atoms with E-state index in [0.717, 1.165) is 0 Å². The first-order valence-electron chi connectivity index (χ1n) is 13.2. The van der Waals surface area contributed by atoms with Gasteiger partial charge in [0.25, 0.3) is 0 Å². The van der Waals surface area contributed by atoms with Gasteiger partial charge >= 0.3 is 0 Å². The number of aliphatic hydroxyl groups excluding tert-OH is 2. The first kappa shape index (κ1) is 32.8. The molecule has 8 atom stereocenters. The van der Waals surface area contributed by atoms with Crippen molar-refractivity contribution in [3.8, 4) is 0 Å². The van der Waals surface area contributed by atoms with Crippen molar-refractivity contribution in [2.24, 2.45) is 16.2 Å². The van der Waals surface area contributed by atoms with Crippen molar-refractivity contribution < 1.29 is 44.5 Å². The smallest absolute Gasteiger partial charge is 0.122 e. The number of methoxy groups -OCH3 is 1. The highest BCUT2D eigenvalue weighted by Gasteiger charge is 2.74. The van der Waals surface area contributed by atoms with Gasteiger partial charge in [0.2, 0.25) is 0 Å². The predicted octanol–water partition coefficient (Wildman–Crippen LogP) is 2.04. The Morgan fingerprint density at radius 3 is 1.38 bits per heavy atom. The first-order chi connectivity index (χ1) is 16.3. The topological polar surface area (TPSA) is 138 Å². The molecular formula is C28H54O9. The van der Waals surface area contributed by atoms with E-state index in [4.69, 9.17) is 18.9 Å². The lowest BCUT2D eigenvalue weighted by Gasteiger charge is -2.69. The Kier molecular flexibility index (Phi) is 8.06. The molecular weight excluding hydrogens is 480 g/mol. The second-order valence-corrected chi connectivity index (χ2v) is 14.2. The van der Waals surface area contributed by atoms with Crippen LogP contribution in [0.1, 0.15) is 83.1 Å². The summed E-state index contributed by atoms with van der Waals surface area (Å²) in [6.45, 7) is 20.2. The number of ether oxygens (including phenoxy) is 4. The minimum absolute atomic E-state index is 0.00643. The predicted molar refractivity (Wildman–Crippen MR) is 140 cm³/mol. The quantitative estimate of drug-likeness (QED) is 0.317. The van der Waals surface area contributed by atoms with Crippen LogP contribution in [-0.2, 0) is 18.9 Å². The summed E-state index contributed by atoms with van der Waals surface area (Å²) < 4.78 is 24.6. The molecule has 0 saturated carbocycles. The molecule has 0 radical (unpaired) electrons. The lowest BCUT2D eigenvalue weighted by Crippen LogP contribution is -2.83. The second-order valence-electron chi connectivity index (χ2n) is 14.2. The van der Waals surface area contributed by atoms with Gasteiger partial charge in [0, 0.05) is 17.9 Å². The largest absolute Gasteiger partial charge is 0.393 e. The summed E-state index contributed by atoms with van der Waals surface area (Å²) in [7, 11) is 1.48. The summed E-state index contributed by atoms with van der Waals surface area (Å²) >= 11 is 0. The van der Waals surface area contributed by atoms with Crippen molar-refractivity contribution >= 4 is 0 Å². The number of aliphatic hydroxyl groups is 5. The molecule has 0 aromatic heterocycles. The van der Waals surface area contributed by atoms with Gasteiger partial charge in [0.05, 0.1) is 60.9 Å². The molecule has 2 heterocycles. The lowest BCUT2D eigenvalue weighted by molar-refractivity contribution is -0.403. The van der Waals surface area contributed by atoms with E-state index >= 15 is 0 Å². The van der Waals surface area contributed by atoms with Crippen molar-refractivity contribution in [3.63, 3.8) is 0 Å². The molecule has 9 nitrogen and oxygen atoms in total. The lowest BCUT2D eigenvalue weighted by atomic mass is 9.49. The van der Waals surface area contributed by atoms with Crippen molar-refractivity contribution in [3.05, 3.63) is 0 Å². The molecule has 2 saturated heterocycles. The molecule has 0 spiro atoms. The van der Waals surface area contributed by atoms with Gasteiger partial charge in [-0.1, -0.05) is 34.6 Å². The molecule has 8 unspecified atom stereocenters. The molecule has 2 aliphatic rings. The van der Waals surface area contributed by atoms with Gasteiger partial charge in [-0.05, 0) is 48.5 Å². The molecule has 2 rings (SSSR count). The molecule has 2 fully saturated rings. The zero-order valence-electron chi connectivity index (χ0n) is 25.4. The fourth-order valence-corrected chi connectivity index (χ4v) is 6.67. The van der Waals surface area contributed by atoms with Crippen LogP contribution in [0.3, 0.4) is 0 Å². The van der Waals surface area contributed by atoms with Crippen molar-refractivity contribution in [1.82, 2.24) is 0 Å². The zero-order chi connectivity index (χ0) is 29.4. The van der Waals surface area contributed by atoms with Crippen LogP contribution in [0.15, 0.2) is 0 Å². The molecule has 0 amide bonds. The Morgan fingerprint density at radius 1 is 0.514 bits per heavy atom. The molecule has 0 aliphatic carbocycles. The first-order valence-corrected chi connectivity index (χ1v) is 13.2. The molecule has 0 aromatic rings. The molecule has 0 bridgehead atoms. The zero-order valence-corrected chi connectivity index (χ0v) is 25.4. The Bertz CT molecular complexity index is 853. The summed E-state index contributed by atoms with van der Waals surface area (Å²) in [5.74, 6) is 0. The van der Waals surface area contributed by atoms with E-state index in [-0.39, 0.29) is 26.4 Å². The number of hydrogen-bond acceptors (Lipinski definition) is 9. The van der Waals surface area contributed by atoms with E-state index in [0.29, 0.717) is 0 Å². The van der Waals surface area contributed by atoms with Gasteiger partial charge in [0.1, 0.15) is 16.8 Å². The third-order valence-corrected chi connectivity index (χ3v) is 12.0. The number of hydrogen-bond donors (Lipinski definition) is 5. The minimum Gasteiger partial charge on any atom is -0.393 e. The Labute approximate surface area is 223 Å². The van der Waals surface area contributed by atoms with Crippen LogP contribution < -0.4 is 0 Å².